The van der Waals surface area contributed by atoms with Gasteiger partial charge in [0.15, 0.2) is 0 Å². The summed E-state index contributed by atoms with van der Waals surface area (Å²) in [6, 6.07) is 1.85. The lowest BCUT2D eigenvalue weighted by Crippen LogP contribution is -1.74. The maximum absolute atomic E-state index is 4.88. The van der Waals surface area contributed by atoms with Crippen LogP contribution < -0.4 is 0 Å². The van der Waals surface area contributed by atoms with Crippen molar-refractivity contribution in [1.29, 1.82) is 0 Å². The Morgan fingerprint density at radius 3 is 2.78 bits per heavy atom. The molecule has 0 amide bonds. The van der Waals surface area contributed by atoms with Gasteiger partial charge in [0, 0.05) is 11.1 Å². The minimum Gasteiger partial charge on any atom is -0.351 e. The van der Waals surface area contributed by atoms with Crippen molar-refractivity contribution in [2.75, 3.05) is 0 Å². The van der Waals surface area contributed by atoms with Crippen molar-refractivity contribution in [3.8, 4) is 0 Å². The number of aromatic amines is 1. The molecule has 0 bridgehead atoms. The van der Waals surface area contributed by atoms with Crippen LogP contribution in [0.1, 0.15) is 0 Å². The third-order valence-corrected chi connectivity index (χ3v) is 2.33. The first kappa shape index (κ1) is 7.31. The average molecular weight is 222 g/mol. The Labute approximate surface area is 72.0 Å². The molecule has 0 aliphatic heterocycles. The fourth-order valence-corrected chi connectivity index (χ4v) is 1.29. The number of hydrogen-bond acceptors (Lipinski definition) is 2. The molecule has 0 aliphatic rings. The van der Waals surface area contributed by atoms with E-state index < -0.39 is 0 Å². The highest BCUT2D eigenvalue weighted by atomic mass is 79.9. The number of thiol groups is 1. The summed E-state index contributed by atoms with van der Waals surface area (Å²) in [7, 11) is 0. The molecule has 1 N–H and O–H groups in total. The lowest BCUT2D eigenvalue weighted by atomic mass is 10.5. The molecule has 1 aromatic heterocycles. The maximum Gasteiger partial charge on any atom is 0.117 e. The molecule has 0 aliphatic carbocycles. The van der Waals surface area contributed by atoms with Crippen molar-refractivity contribution in [3.63, 3.8) is 0 Å². The zero-order chi connectivity index (χ0) is 6.85. The minimum absolute atomic E-state index is 0.702. The van der Waals surface area contributed by atoms with E-state index in [0.717, 1.165) is 9.37 Å². The van der Waals surface area contributed by atoms with Gasteiger partial charge in [0.2, 0.25) is 0 Å². The van der Waals surface area contributed by atoms with E-state index in [1.165, 1.54) is 0 Å². The van der Waals surface area contributed by atoms with Gasteiger partial charge in [-0.15, -0.1) is 12.6 Å². The van der Waals surface area contributed by atoms with Crippen molar-refractivity contribution in [2.24, 2.45) is 0 Å². The summed E-state index contributed by atoms with van der Waals surface area (Å²) in [5.74, 6) is 0. The van der Waals surface area contributed by atoms with E-state index in [4.69, 9.17) is 12.2 Å². The van der Waals surface area contributed by atoms with E-state index in [-0.39, 0.29) is 0 Å². The smallest absolute Gasteiger partial charge is 0.117 e. The average Bonchev–Trinajstić information content (AvgIpc) is 1.80. The summed E-state index contributed by atoms with van der Waals surface area (Å²) < 4.78 is 1.58. The van der Waals surface area contributed by atoms with Crippen LogP contribution in [0, 0.1) is 4.64 Å². The lowest BCUT2D eigenvalue weighted by molar-refractivity contribution is 1.20. The molecule has 1 heterocycles. The molecule has 4 heteroatoms. The topological polar surface area (TPSA) is 15.8 Å². The molecule has 48 valence electrons. The first-order chi connectivity index (χ1) is 4.20. The molecule has 1 aromatic rings. The van der Waals surface area contributed by atoms with Gasteiger partial charge < -0.3 is 4.98 Å². The first-order valence-electron chi connectivity index (χ1n) is 2.27. The second kappa shape index (κ2) is 2.86. The monoisotopic (exact) mass is 221 g/mol. The molecule has 1 nitrogen and oxygen atoms in total. The van der Waals surface area contributed by atoms with Crippen molar-refractivity contribution in [3.05, 3.63) is 21.4 Å². The molecule has 0 unspecified atom stereocenters. The highest BCUT2D eigenvalue weighted by Gasteiger charge is 1.88. The largest absolute Gasteiger partial charge is 0.351 e. The molecule has 0 fully saturated rings. The maximum atomic E-state index is 4.88. The Morgan fingerprint density at radius 2 is 2.33 bits per heavy atom. The van der Waals surface area contributed by atoms with Gasteiger partial charge in [0.25, 0.3) is 0 Å². The molecule has 0 spiro atoms. The Hall–Kier alpha value is 0.200. The zero-order valence-corrected chi connectivity index (χ0v) is 7.69. The Balaban J connectivity index is 3.34. The normalized spacial score (nSPS) is 9.56. The van der Waals surface area contributed by atoms with Crippen LogP contribution in [-0.2, 0) is 0 Å². The summed E-state index contributed by atoms with van der Waals surface area (Å²) >= 11 is 12.2. The van der Waals surface area contributed by atoms with Gasteiger partial charge in [-0.05, 0) is 22.0 Å². The second-order valence-corrected chi connectivity index (χ2v) is 3.31. The third-order valence-electron chi connectivity index (χ3n) is 0.843. The number of halogens is 1. The van der Waals surface area contributed by atoms with Gasteiger partial charge in [-0.25, -0.2) is 0 Å². The van der Waals surface area contributed by atoms with Crippen molar-refractivity contribution in [1.82, 2.24) is 4.98 Å². The number of aromatic nitrogens is 1. The molecule has 0 radical (unpaired) electrons. The van der Waals surface area contributed by atoms with Crippen molar-refractivity contribution < 1.29 is 0 Å². The second-order valence-electron chi connectivity index (χ2n) is 1.53. The van der Waals surface area contributed by atoms with Crippen LogP contribution in [0.2, 0.25) is 0 Å². The van der Waals surface area contributed by atoms with Gasteiger partial charge in [-0.3, -0.25) is 0 Å². The van der Waals surface area contributed by atoms with Crippen LogP contribution in [0.25, 0.3) is 0 Å². The van der Waals surface area contributed by atoms with E-state index in [1.54, 1.807) is 6.20 Å². The summed E-state index contributed by atoms with van der Waals surface area (Å²) in [5.41, 5.74) is 0. The van der Waals surface area contributed by atoms with E-state index in [2.05, 4.69) is 33.5 Å². The van der Waals surface area contributed by atoms with E-state index in [0.29, 0.717) is 4.64 Å². The molecular weight excluding hydrogens is 218 g/mol. The van der Waals surface area contributed by atoms with Crippen molar-refractivity contribution >= 4 is 40.8 Å². The van der Waals surface area contributed by atoms with Crippen LogP contribution in [0.4, 0.5) is 0 Å². The quantitative estimate of drug-likeness (QED) is 0.509. The van der Waals surface area contributed by atoms with E-state index >= 15 is 0 Å². The van der Waals surface area contributed by atoms with Gasteiger partial charge in [-0.1, -0.05) is 12.2 Å². The van der Waals surface area contributed by atoms with Crippen LogP contribution in [0.5, 0.6) is 0 Å². The summed E-state index contributed by atoms with van der Waals surface area (Å²) in [5, 5.41) is 0. The third kappa shape index (κ3) is 1.81. The predicted molar refractivity (Wildman–Crippen MR) is 46.6 cm³/mol. The Bertz CT molecular complexity index is 268. The van der Waals surface area contributed by atoms with Crippen LogP contribution in [0.3, 0.4) is 0 Å². The Kier molecular flexibility index (Phi) is 2.32. The fraction of sp³-hybridized carbons (Fsp3) is 0. The van der Waals surface area contributed by atoms with E-state index in [9.17, 15) is 0 Å². The molecule has 1 rings (SSSR count). The number of rotatable bonds is 0. The number of nitrogens with one attached hydrogen (secondary N) is 1. The standard InChI is InChI=1S/C5H4BrNS2/c6-4-1-3(8)2-7-5(4)9/h1-2,8H,(H,7,9). The zero-order valence-electron chi connectivity index (χ0n) is 4.39. The van der Waals surface area contributed by atoms with Crippen LogP contribution >= 0.6 is 40.8 Å². The molecule has 0 aromatic carbocycles. The highest BCUT2D eigenvalue weighted by molar-refractivity contribution is 9.10. The highest BCUT2D eigenvalue weighted by Crippen LogP contribution is 2.13. The summed E-state index contributed by atoms with van der Waals surface area (Å²) in [4.78, 5) is 3.73. The van der Waals surface area contributed by atoms with Gasteiger partial charge in [-0.2, -0.15) is 0 Å². The molecule has 0 saturated heterocycles. The first-order valence-corrected chi connectivity index (χ1v) is 3.92. The molecule has 0 atom stereocenters. The lowest BCUT2D eigenvalue weighted by Gasteiger charge is -1.91. The minimum atomic E-state index is 0.702. The number of H-pyrrole nitrogens is 1. The molecule has 0 saturated carbocycles. The number of pyridine rings is 1. The van der Waals surface area contributed by atoms with Crippen LogP contribution in [-0.4, -0.2) is 4.98 Å². The van der Waals surface area contributed by atoms with E-state index in [1.807, 2.05) is 6.07 Å². The fourth-order valence-electron chi connectivity index (χ4n) is 0.445. The van der Waals surface area contributed by atoms with Crippen LogP contribution in [0.15, 0.2) is 21.6 Å². The van der Waals surface area contributed by atoms with Gasteiger partial charge >= 0.3 is 0 Å². The molecular formula is C5H4BrNS2. The van der Waals surface area contributed by atoms with Crippen molar-refractivity contribution in [2.45, 2.75) is 4.90 Å². The number of hydrogen-bond donors (Lipinski definition) is 2. The summed E-state index contributed by atoms with van der Waals surface area (Å²) in [6.07, 6.45) is 1.75. The van der Waals surface area contributed by atoms with Gasteiger partial charge in [0.05, 0.1) is 4.47 Å². The van der Waals surface area contributed by atoms with Gasteiger partial charge in [0.1, 0.15) is 4.64 Å². The molecule has 9 heavy (non-hydrogen) atoms. The Morgan fingerprint density at radius 1 is 1.67 bits per heavy atom. The predicted octanol–water partition coefficient (Wildman–Crippen LogP) is 2.80. The summed E-state index contributed by atoms with van der Waals surface area (Å²) in [6.45, 7) is 0. The SMILES string of the molecule is S=c1[nH]cc(S)cc1Br.